The van der Waals surface area contributed by atoms with Gasteiger partial charge in [0, 0.05) is 17.2 Å². The summed E-state index contributed by atoms with van der Waals surface area (Å²) in [5.74, 6) is 0.485. The zero-order valence-corrected chi connectivity index (χ0v) is 12.9. The summed E-state index contributed by atoms with van der Waals surface area (Å²) in [6, 6.07) is 7.93. The summed E-state index contributed by atoms with van der Waals surface area (Å²) >= 11 is 5.95. The standard InChI is InChI=1S/C16H17ClFNO2/c1-9(2)20-15-8-16(13(19)7-12(15)18)21-14-6-11(17)5-4-10(14)3/h4-9H,19H2,1-3H3. The lowest BCUT2D eigenvalue weighted by atomic mass is 10.2. The Bertz CT molecular complexity index is 659. The number of ether oxygens (including phenoxy) is 2. The quantitative estimate of drug-likeness (QED) is 0.813. The van der Waals surface area contributed by atoms with Gasteiger partial charge in [0.1, 0.15) is 5.75 Å². The SMILES string of the molecule is Cc1ccc(Cl)cc1Oc1cc(OC(C)C)c(F)cc1N. The van der Waals surface area contributed by atoms with Gasteiger partial charge in [-0.3, -0.25) is 0 Å². The molecule has 2 aromatic carbocycles. The van der Waals surface area contributed by atoms with Gasteiger partial charge in [0.2, 0.25) is 0 Å². The van der Waals surface area contributed by atoms with E-state index in [9.17, 15) is 4.39 Å². The lowest BCUT2D eigenvalue weighted by Crippen LogP contribution is -2.07. The Morgan fingerprint density at radius 1 is 1.10 bits per heavy atom. The molecule has 0 aliphatic carbocycles. The molecule has 0 aromatic heterocycles. The number of halogens is 2. The molecule has 0 heterocycles. The maximum absolute atomic E-state index is 13.8. The number of aryl methyl sites for hydroxylation is 1. The Morgan fingerprint density at radius 2 is 1.81 bits per heavy atom. The van der Waals surface area contributed by atoms with Crippen molar-refractivity contribution in [3.8, 4) is 17.2 Å². The largest absolute Gasteiger partial charge is 0.488 e. The highest BCUT2D eigenvalue weighted by atomic mass is 35.5. The first-order valence-corrected chi connectivity index (χ1v) is 6.94. The van der Waals surface area contributed by atoms with E-state index >= 15 is 0 Å². The maximum atomic E-state index is 13.8. The first-order valence-electron chi connectivity index (χ1n) is 6.56. The van der Waals surface area contributed by atoms with E-state index in [1.54, 1.807) is 12.1 Å². The second-order valence-electron chi connectivity index (χ2n) is 5.00. The third-order valence-corrected chi connectivity index (χ3v) is 3.03. The van der Waals surface area contributed by atoms with Crippen LogP contribution < -0.4 is 15.2 Å². The van der Waals surface area contributed by atoms with Crippen molar-refractivity contribution in [1.82, 2.24) is 0 Å². The van der Waals surface area contributed by atoms with Crippen LogP contribution in [0.25, 0.3) is 0 Å². The highest BCUT2D eigenvalue weighted by Gasteiger charge is 2.13. The third kappa shape index (κ3) is 3.79. The maximum Gasteiger partial charge on any atom is 0.167 e. The van der Waals surface area contributed by atoms with Crippen molar-refractivity contribution in [1.29, 1.82) is 0 Å². The van der Waals surface area contributed by atoms with E-state index < -0.39 is 5.82 Å². The Labute approximate surface area is 128 Å². The van der Waals surface area contributed by atoms with Crippen molar-refractivity contribution in [3.63, 3.8) is 0 Å². The van der Waals surface area contributed by atoms with Gasteiger partial charge in [-0.05, 0) is 38.5 Å². The Hall–Kier alpha value is -1.94. The Morgan fingerprint density at radius 3 is 2.48 bits per heavy atom. The zero-order valence-electron chi connectivity index (χ0n) is 12.1. The van der Waals surface area contributed by atoms with E-state index in [0.29, 0.717) is 16.5 Å². The summed E-state index contributed by atoms with van der Waals surface area (Å²) in [5, 5.41) is 0.551. The van der Waals surface area contributed by atoms with Gasteiger partial charge < -0.3 is 15.2 Å². The third-order valence-electron chi connectivity index (χ3n) is 2.80. The monoisotopic (exact) mass is 309 g/mol. The van der Waals surface area contributed by atoms with Gasteiger partial charge in [-0.2, -0.15) is 0 Å². The molecule has 0 saturated heterocycles. The summed E-state index contributed by atoms with van der Waals surface area (Å²) in [6.45, 7) is 5.52. The summed E-state index contributed by atoms with van der Waals surface area (Å²) in [6.07, 6.45) is -0.149. The number of hydrogen-bond donors (Lipinski definition) is 1. The van der Waals surface area contributed by atoms with Crippen molar-refractivity contribution < 1.29 is 13.9 Å². The van der Waals surface area contributed by atoms with Gasteiger partial charge in [0.25, 0.3) is 0 Å². The second kappa shape index (κ2) is 6.22. The van der Waals surface area contributed by atoms with Gasteiger partial charge in [-0.15, -0.1) is 0 Å². The smallest absolute Gasteiger partial charge is 0.167 e. The highest BCUT2D eigenvalue weighted by Crippen LogP contribution is 2.35. The van der Waals surface area contributed by atoms with Gasteiger partial charge in [0.15, 0.2) is 17.3 Å². The molecule has 0 saturated carbocycles. The molecule has 2 rings (SSSR count). The zero-order chi connectivity index (χ0) is 15.6. The average Bonchev–Trinajstić information content (AvgIpc) is 2.39. The molecular formula is C16H17ClFNO2. The molecule has 2 N–H and O–H groups in total. The van der Waals surface area contributed by atoms with E-state index in [1.165, 1.54) is 12.1 Å². The molecular weight excluding hydrogens is 293 g/mol. The van der Waals surface area contributed by atoms with Gasteiger partial charge in [0.05, 0.1) is 11.8 Å². The topological polar surface area (TPSA) is 44.5 Å². The van der Waals surface area contributed by atoms with E-state index in [0.717, 1.165) is 5.56 Å². The molecule has 0 spiro atoms. The van der Waals surface area contributed by atoms with E-state index in [2.05, 4.69) is 0 Å². The van der Waals surface area contributed by atoms with Crippen LogP contribution in [-0.2, 0) is 0 Å². The van der Waals surface area contributed by atoms with Crippen LogP contribution in [0.3, 0.4) is 0 Å². The van der Waals surface area contributed by atoms with Crippen LogP contribution in [0.15, 0.2) is 30.3 Å². The van der Waals surface area contributed by atoms with Crippen LogP contribution in [0.5, 0.6) is 17.2 Å². The molecule has 21 heavy (non-hydrogen) atoms. The van der Waals surface area contributed by atoms with Crippen molar-refractivity contribution in [2.45, 2.75) is 26.9 Å². The van der Waals surface area contributed by atoms with Crippen LogP contribution >= 0.6 is 11.6 Å². The minimum Gasteiger partial charge on any atom is -0.488 e. The number of benzene rings is 2. The molecule has 5 heteroatoms. The number of hydrogen-bond acceptors (Lipinski definition) is 3. The fourth-order valence-electron chi connectivity index (χ4n) is 1.79. The predicted molar refractivity (Wildman–Crippen MR) is 82.8 cm³/mol. The molecule has 0 bridgehead atoms. The van der Waals surface area contributed by atoms with E-state index in [4.69, 9.17) is 26.8 Å². The first kappa shape index (κ1) is 15.4. The van der Waals surface area contributed by atoms with Crippen LogP contribution in [-0.4, -0.2) is 6.10 Å². The van der Waals surface area contributed by atoms with Crippen LogP contribution in [0.4, 0.5) is 10.1 Å². The normalized spacial score (nSPS) is 10.8. The number of nitrogens with two attached hydrogens (primary N) is 1. The average molecular weight is 310 g/mol. The predicted octanol–water partition coefficient (Wildman–Crippen LogP) is 4.95. The Kier molecular flexibility index (Phi) is 4.58. The molecule has 2 aromatic rings. The molecule has 0 radical (unpaired) electrons. The van der Waals surface area contributed by atoms with Crippen molar-refractivity contribution in [3.05, 3.63) is 46.7 Å². The number of anilines is 1. The van der Waals surface area contributed by atoms with Gasteiger partial charge in [-0.25, -0.2) is 4.39 Å². The minimum absolute atomic E-state index is 0.105. The summed E-state index contributed by atoms with van der Waals surface area (Å²) < 4.78 is 24.9. The first-order chi connectivity index (χ1) is 9.86. The minimum atomic E-state index is -0.517. The molecule has 3 nitrogen and oxygen atoms in total. The van der Waals surface area contributed by atoms with Crippen LogP contribution in [0.1, 0.15) is 19.4 Å². The van der Waals surface area contributed by atoms with Gasteiger partial charge >= 0.3 is 0 Å². The summed E-state index contributed by atoms with van der Waals surface area (Å²) in [4.78, 5) is 0. The Balaban J connectivity index is 2.37. The molecule has 0 aliphatic rings. The summed E-state index contributed by atoms with van der Waals surface area (Å²) in [5.41, 5.74) is 6.90. The van der Waals surface area contributed by atoms with Crippen molar-refractivity contribution in [2.75, 3.05) is 5.73 Å². The van der Waals surface area contributed by atoms with Crippen molar-refractivity contribution >= 4 is 17.3 Å². The molecule has 0 atom stereocenters. The molecule has 0 aliphatic heterocycles. The number of rotatable bonds is 4. The fraction of sp³-hybridized carbons (Fsp3) is 0.250. The van der Waals surface area contributed by atoms with Crippen LogP contribution in [0, 0.1) is 12.7 Å². The van der Waals surface area contributed by atoms with Gasteiger partial charge in [-0.1, -0.05) is 17.7 Å². The molecule has 112 valence electrons. The number of nitrogen functional groups attached to an aromatic ring is 1. The lowest BCUT2D eigenvalue weighted by Gasteiger charge is -2.15. The fourth-order valence-corrected chi connectivity index (χ4v) is 1.95. The highest BCUT2D eigenvalue weighted by molar-refractivity contribution is 6.30. The van der Waals surface area contributed by atoms with Crippen molar-refractivity contribution in [2.24, 2.45) is 0 Å². The molecule has 0 unspecified atom stereocenters. The molecule has 0 amide bonds. The lowest BCUT2D eigenvalue weighted by molar-refractivity contribution is 0.230. The van der Waals surface area contributed by atoms with E-state index in [-0.39, 0.29) is 17.5 Å². The summed E-state index contributed by atoms with van der Waals surface area (Å²) in [7, 11) is 0. The molecule has 0 fully saturated rings. The van der Waals surface area contributed by atoms with E-state index in [1.807, 2.05) is 26.8 Å². The van der Waals surface area contributed by atoms with Crippen LogP contribution in [0.2, 0.25) is 5.02 Å². The second-order valence-corrected chi connectivity index (χ2v) is 5.44.